The smallest absolute Gasteiger partial charge is 0.244 e. The monoisotopic (exact) mass is 314 g/mol. The molecular weight excluding hydrogens is 288 g/mol. The molecule has 0 fully saturated rings. The van der Waals surface area contributed by atoms with Crippen LogP contribution in [-0.2, 0) is 14.8 Å². The average molecular weight is 314 g/mol. The Morgan fingerprint density at radius 2 is 1.90 bits per heavy atom. The molecule has 0 spiro atoms. The summed E-state index contributed by atoms with van der Waals surface area (Å²) in [5, 5.41) is 3.18. The lowest BCUT2D eigenvalue weighted by Gasteiger charge is -2.16. The summed E-state index contributed by atoms with van der Waals surface area (Å²) < 4.78 is 31.2. The van der Waals surface area contributed by atoms with Crippen molar-refractivity contribution in [3.63, 3.8) is 0 Å². The maximum absolute atomic E-state index is 12.2. The SMILES string of the molecule is CC(C)COCCCNc1ccccc1S(=O)(=O)N(C)C. The van der Waals surface area contributed by atoms with Gasteiger partial charge in [0, 0.05) is 33.9 Å². The van der Waals surface area contributed by atoms with Gasteiger partial charge in [0.1, 0.15) is 4.90 Å². The van der Waals surface area contributed by atoms with E-state index in [-0.39, 0.29) is 0 Å². The first kappa shape index (κ1) is 17.9. The van der Waals surface area contributed by atoms with Gasteiger partial charge >= 0.3 is 0 Å². The Hall–Kier alpha value is -1.11. The number of benzene rings is 1. The number of rotatable bonds is 9. The van der Waals surface area contributed by atoms with Gasteiger partial charge in [-0.15, -0.1) is 0 Å². The second kappa shape index (κ2) is 8.36. The number of nitrogens with one attached hydrogen (secondary N) is 1. The Kier molecular flexibility index (Phi) is 7.14. The van der Waals surface area contributed by atoms with E-state index < -0.39 is 10.0 Å². The molecule has 5 nitrogen and oxygen atoms in total. The van der Waals surface area contributed by atoms with Crippen molar-refractivity contribution in [1.29, 1.82) is 0 Å². The van der Waals surface area contributed by atoms with E-state index in [2.05, 4.69) is 19.2 Å². The van der Waals surface area contributed by atoms with Crippen LogP contribution >= 0.6 is 0 Å². The topological polar surface area (TPSA) is 58.6 Å². The molecule has 1 rings (SSSR count). The third-order valence-electron chi connectivity index (χ3n) is 2.88. The van der Waals surface area contributed by atoms with E-state index in [0.717, 1.165) is 13.0 Å². The van der Waals surface area contributed by atoms with Crippen molar-refractivity contribution < 1.29 is 13.2 Å². The van der Waals surface area contributed by atoms with Crippen molar-refractivity contribution in [1.82, 2.24) is 4.31 Å². The summed E-state index contributed by atoms with van der Waals surface area (Å²) in [6.45, 7) is 6.33. The molecule has 0 aliphatic heterocycles. The molecule has 0 amide bonds. The van der Waals surface area contributed by atoms with Crippen molar-refractivity contribution in [2.24, 2.45) is 5.92 Å². The molecule has 0 bridgehead atoms. The minimum absolute atomic E-state index is 0.304. The van der Waals surface area contributed by atoms with Gasteiger partial charge in [0.15, 0.2) is 0 Å². The van der Waals surface area contributed by atoms with Crippen LogP contribution in [-0.4, -0.2) is 46.6 Å². The standard InChI is InChI=1S/C15H26N2O3S/c1-13(2)12-20-11-7-10-16-14-8-5-6-9-15(14)21(18,19)17(3)4/h5-6,8-9,13,16H,7,10-12H2,1-4H3. The van der Waals surface area contributed by atoms with Crippen LogP contribution in [0.2, 0.25) is 0 Å². The molecule has 0 aliphatic rings. The number of sulfonamides is 1. The van der Waals surface area contributed by atoms with E-state index in [4.69, 9.17) is 4.74 Å². The molecule has 0 saturated heterocycles. The van der Waals surface area contributed by atoms with Crippen LogP contribution < -0.4 is 5.32 Å². The lowest BCUT2D eigenvalue weighted by Crippen LogP contribution is -2.23. The normalized spacial score (nSPS) is 12.1. The molecule has 1 aromatic rings. The second-order valence-corrected chi connectivity index (χ2v) is 7.65. The van der Waals surface area contributed by atoms with Crippen molar-refractivity contribution in [3.8, 4) is 0 Å². The van der Waals surface area contributed by atoms with Crippen LogP contribution in [0.1, 0.15) is 20.3 Å². The fourth-order valence-corrected chi connectivity index (χ4v) is 2.81. The highest BCUT2D eigenvalue weighted by Crippen LogP contribution is 2.22. The molecule has 0 aromatic heterocycles. The highest BCUT2D eigenvalue weighted by molar-refractivity contribution is 7.89. The van der Waals surface area contributed by atoms with Gasteiger partial charge in [-0.2, -0.15) is 0 Å². The van der Waals surface area contributed by atoms with Gasteiger partial charge in [-0.05, 0) is 24.5 Å². The van der Waals surface area contributed by atoms with Crippen molar-refractivity contribution in [2.75, 3.05) is 39.2 Å². The van der Waals surface area contributed by atoms with Gasteiger partial charge in [-0.1, -0.05) is 26.0 Å². The van der Waals surface area contributed by atoms with Gasteiger partial charge in [0.25, 0.3) is 0 Å². The molecule has 120 valence electrons. The van der Waals surface area contributed by atoms with Crippen molar-refractivity contribution in [3.05, 3.63) is 24.3 Å². The van der Waals surface area contributed by atoms with Crippen LogP contribution in [0.15, 0.2) is 29.2 Å². The van der Waals surface area contributed by atoms with Crippen molar-refractivity contribution >= 4 is 15.7 Å². The summed E-state index contributed by atoms with van der Waals surface area (Å²) in [6, 6.07) is 6.96. The Morgan fingerprint density at radius 3 is 2.52 bits per heavy atom. The summed E-state index contributed by atoms with van der Waals surface area (Å²) in [5.41, 5.74) is 0.634. The Labute approximate surface area is 128 Å². The van der Waals surface area contributed by atoms with Gasteiger partial charge in [-0.3, -0.25) is 0 Å². The van der Waals surface area contributed by atoms with Gasteiger partial charge in [0.05, 0.1) is 5.69 Å². The van der Waals surface area contributed by atoms with E-state index in [1.54, 1.807) is 18.2 Å². The molecule has 0 atom stereocenters. The van der Waals surface area contributed by atoms with Crippen LogP contribution in [0, 0.1) is 5.92 Å². The molecule has 1 N–H and O–H groups in total. The molecule has 0 saturated carbocycles. The highest BCUT2D eigenvalue weighted by atomic mass is 32.2. The molecule has 0 heterocycles. The maximum Gasteiger partial charge on any atom is 0.244 e. The fourth-order valence-electron chi connectivity index (χ4n) is 1.75. The van der Waals surface area contributed by atoms with E-state index in [0.29, 0.717) is 29.7 Å². The van der Waals surface area contributed by atoms with E-state index in [1.165, 1.54) is 18.4 Å². The quantitative estimate of drug-likeness (QED) is 0.711. The fraction of sp³-hybridized carbons (Fsp3) is 0.600. The largest absolute Gasteiger partial charge is 0.384 e. The van der Waals surface area contributed by atoms with E-state index in [1.807, 2.05) is 6.07 Å². The summed E-state index contributed by atoms with van der Waals surface area (Å²) in [6.07, 6.45) is 0.836. The van der Waals surface area contributed by atoms with Crippen LogP contribution in [0.5, 0.6) is 0 Å². The first-order valence-electron chi connectivity index (χ1n) is 7.19. The lowest BCUT2D eigenvalue weighted by molar-refractivity contribution is 0.110. The number of hydrogen-bond donors (Lipinski definition) is 1. The minimum atomic E-state index is -3.43. The molecule has 0 aliphatic carbocycles. The summed E-state index contributed by atoms with van der Waals surface area (Å²) >= 11 is 0. The molecule has 1 aromatic carbocycles. The Balaban J connectivity index is 2.57. The predicted octanol–water partition coefficient (Wildman–Crippen LogP) is 2.41. The number of ether oxygens (including phenoxy) is 1. The lowest BCUT2D eigenvalue weighted by atomic mass is 10.2. The van der Waals surface area contributed by atoms with E-state index in [9.17, 15) is 8.42 Å². The zero-order valence-electron chi connectivity index (χ0n) is 13.3. The molecule has 6 heteroatoms. The van der Waals surface area contributed by atoms with Crippen LogP contribution in [0.3, 0.4) is 0 Å². The zero-order chi connectivity index (χ0) is 15.9. The summed E-state index contributed by atoms with van der Waals surface area (Å²) in [4.78, 5) is 0.304. The van der Waals surface area contributed by atoms with Crippen molar-refractivity contribution in [2.45, 2.75) is 25.2 Å². The van der Waals surface area contributed by atoms with Gasteiger partial charge in [0.2, 0.25) is 10.0 Å². The van der Waals surface area contributed by atoms with Crippen LogP contribution in [0.4, 0.5) is 5.69 Å². The first-order chi connectivity index (χ1) is 9.85. The highest BCUT2D eigenvalue weighted by Gasteiger charge is 2.20. The minimum Gasteiger partial charge on any atom is -0.384 e. The van der Waals surface area contributed by atoms with Crippen LogP contribution in [0.25, 0.3) is 0 Å². The predicted molar refractivity (Wildman–Crippen MR) is 86.1 cm³/mol. The first-order valence-corrected chi connectivity index (χ1v) is 8.63. The van der Waals surface area contributed by atoms with E-state index >= 15 is 0 Å². The summed E-state index contributed by atoms with van der Waals surface area (Å²) in [7, 11) is -0.359. The molecule has 0 unspecified atom stereocenters. The number of hydrogen-bond acceptors (Lipinski definition) is 4. The zero-order valence-corrected chi connectivity index (χ0v) is 14.1. The third kappa shape index (κ3) is 5.65. The summed E-state index contributed by atoms with van der Waals surface area (Å²) in [5.74, 6) is 0.531. The second-order valence-electron chi connectivity index (χ2n) is 5.53. The average Bonchev–Trinajstić information content (AvgIpc) is 2.42. The number of anilines is 1. The molecule has 21 heavy (non-hydrogen) atoms. The molecular formula is C15H26N2O3S. The number of para-hydroxylation sites is 1. The third-order valence-corrected chi connectivity index (χ3v) is 4.75. The Morgan fingerprint density at radius 1 is 1.24 bits per heavy atom. The Bertz CT molecular complexity index is 527. The molecule has 0 radical (unpaired) electrons. The van der Waals surface area contributed by atoms with Gasteiger partial charge in [-0.25, -0.2) is 12.7 Å². The number of nitrogens with zero attached hydrogens (tertiary/aromatic N) is 1. The maximum atomic E-state index is 12.2. The van der Waals surface area contributed by atoms with Gasteiger partial charge < -0.3 is 10.1 Å².